The van der Waals surface area contributed by atoms with E-state index in [1.54, 1.807) is 0 Å². The van der Waals surface area contributed by atoms with Crippen molar-refractivity contribution in [3.05, 3.63) is 252 Å². The molecule has 0 fully saturated rings. The number of para-hydroxylation sites is 2. The van der Waals surface area contributed by atoms with Crippen LogP contribution in [0.25, 0.3) is 110 Å². The standard InChI is InChI=1S/C67H47NO/c1-67(2)58-39-45(64(44-33-36-63-57(38-44)50-23-12-14-30-62(50)69-63)54-27-16-29-61-66(54)53-25-11-13-28-60(53)68(61)3)32-35-52(58)65-51-24-10-9-22-49(51)56(40-59(65)67)55-37-43(31-34-48(55)41-17-5-4-6-18-41)47-26-15-20-42-19-7-8-21-46(42)47/h4-40,64H,1-3H3. The number of aromatic nitrogens is 1. The molecule has 1 aliphatic carbocycles. The molecule has 0 saturated carbocycles. The summed E-state index contributed by atoms with van der Waals surface area (Å²) in [6.45, 7) is 4.88. The summed E-state index contributed by atoms with van der Waals surface area (Å²) in [5, 5.41) is 9.92. The fourth-order valence-corrected chi connectivity index (χ4v) is 12.2. The Morgan fingerprint density at radius 3 is 1.91 bits per heavy atom. The summed E-state index contributed by atoms with van der Waals surface area (Å²) in [4.78, 5) is 0. The van der Waals surface area contributed by atoms with Crippen molar-refractivity contribution in [1.29, 1.82) is 0 Å². The van der Waals surface area contributed by atoms with Gasteiger partial charge < -0.3 is 8.98 Å². The maximum atomic E-state index is 6.41. The largest absolute Gasteiger partial charge is 0.456 e. The average Bonchev–Trinajstić information content (AvgIpc) is 4.00. The van der Waals surface area contributed by atoms with Gasteiger partial charge in [0.15, 0.2) is 0 Å². The highest BCUT2D eigenvalue weighted by molar-refractivity contribution is 6.13. The number of hydrogen-bond donors (Lipinski definition) is 0. The summed E-state index contributed by atoms with van der Waals surface area (Å²) in [6.07, 6.45) is 0. The Morgan fingerprint density at radius 2 is 1.04 bits per heavy atom. The summed E-state index contributed by atoms with van der Waals surface area (Å²) in [5.74, 6) is -0.0556. The lowest BCUT2D eigenvalue weighted by Gasteiger charge is -2.26. The maximum absolute atomic E-state index is 6.41. The zero-order valence-corrected chi connectivity index (χ0v) is 38.8. The minimum Gasteiger partial charge on any atom is -0.456 e. The van der Waals surface area contributed by atoms with Crippen molar-refractivity contribution in [2.45, 2.75) is 25.2 Å². The topological polar surface area (TPSA) is 18.1 Å². The molecule has 0 bridgehead atoms. The van der Waals surface area contributed by atoms with E-state index in [9.17, 15) is 0 Å². The molecule has 13 aromatic rings. The predicted octanol–water partition coefficient (Wildman–Crippen LogP) is 18.0. The first kappa shape index (κ1) is 39.7. The van der Waals surface area contributed by atoms with Crippen LogP contribution in [0.5, 0.6) is 0 Å². The molecular weight excluding hydrogens is 835 g/mol. The Balaban J connectivity index is 0.993. The van der Waals surface area contributed by atoms with Gasteiger partial charge >= 0.3 is 0 Å². The molecular formula is C67H47NO. The molecule has 0 radical (unpaired) electrons. The van der Waals surface area contributed by atoms with Crippen molar-refractivity contribution in [1.82, 2.24) is 4.57 Å². The number of rotatable bonds is 6. The Labute approximate surface area is 401 Å². The van der Waals surface area contributed by atoms with Gasteiger partial charge in [0.2, 0.25) is 0 Å². The van der Waals surface area contributed by atoms with Gasteiger partial charge in [0.1, 0.15) is 11.2 Å². The second-order valence-corrected chi connectivity index (χ2v) is 19.6. The molecule has 14 rings (SSSR count). The van der Waals surface area contributed by atoms with Gasteiger partial charge in [-0.3, -0.25) is 0 Å². The summed E-state index contributed by atoms with van der Waals surface area (Å²) in [5.41, 5.74) is 20.6. The highest BCUT2D eigenvalue weighted by atomic mass is 16.3. The molecule has 2 aromatic heterocycles. The highest BCUT2D eigenvalue weighted by Gasteiger charge is 2.38. The Kier molecular flexibility index (Phi) is 8.64. The van der Waals surface area contributed by atoms with E-state index < -0.39 is 0 Å². The van der Waals surface area contributed by atoms with Crippen LogP contribution in [0.1, 0.15) is 47.6 Å². The van der Waals surface area contributed by atoms with Crippen molar-refractivity contribution in [3.63, 3.8) is 0 Å². The second-order valence-electron chi connectivity index (χ2n) is 19.6. The summed E-state index contributed by atoms with van der Waals surface area (Å²) >= 11 is 0. The van der Waals surface area contributed by atoms with Crippen LogP contribution >= 0.6 is 0 Å². The predicted molar refractivity (Wildman–Crippen MR) is 290 cm³/mol. The van der Waals surface area contributed by atoms with Gasteiger partial charge in [0.25, 0.3) is 0 Å². The Hall–Kier alpha value is -8.46. The molecule has 1 atom stereocenters. The zero-order chi connectivity index (χ0) is 46.0. The normalized spacial score (nSPS) is 13.5. The number of fused-ring (bicyclic) bond motifs is 12. The van der Waals surface area contributed by atoms with E-state index in [-0.39, 0.29) is 11.3 Å². The lowest BCUT2D eigenvalue weighted by Crippen LogP contribution is -2.16. The number of furan rings is 1. The van der Waals surface area contributed by atoms with Crippen LogP contribution in [-0.4, -0.2) is 4.57 Å². The molecule has 0 N–H and O–H groups in total. The number of benzene rings is 11. The third-order valence-electron chi connectivity index (χ3n) is 15.5. The third kappa shape index (κ3) is 5.92. The Bertz CT molecular complexity index is 4230. The molecule has 11 aromatic carbocycles. The molecule has 2 heteroatoms. The van der Waals surface area contributed by atoms with E-state index in [2.05, 4.69) is 250 Å². The van der Waals surface area contributed by atoms with Crippen LogP contribution in [0, 0.1) is 0 Å². The minimum absolute atomic E-state index is 0.0556. The van der Waals surface area contributed by atoms with Gasteiger partial charge in [0.05, 0.1) is 0 Å². The lowest BCUT2D eigenvalue weighted by molar-refractivity contribution is 0.659. The number of hydrogen-bond acceptors (Lipinski definition) is 1. The van der Waals surface area contributed by atoms with E-state index in [4.69, 9.17) is 4.42 Å². The van der Waals surface area contributed by atoms with Crippen LogP contribution in [0.2, 0.25) is 0 Å². The van der Waals surface area contributed by atoms with Gasteiger partial charge in [-0.15, -0.1) is 0 Å². The van der Waals surface area contributed by atoms with Crippen molar-refractivity contribution in [2.24, 2.45) is 7.05 Å². The first-order valence-electron chi connectivity index (χ1n) is 24.2. The number of nitrogens with zero attached hydrogens (tertiary/aromatic N) is 1. The molecule has 0 aliphatic heterocycles. The van der Waals surface area contributed by atoms with Gasteiger partial charge in [-0.25, -0.2) is 0 Å². The van der Waals surface area contributed by atoms with E-state index in [0.29, 0.717) is 0 Å². The SMILES string of the molecule is Cn1c2ccccc2c2c(C(c3ccc4c(c3)C(C)(C)c3cc(-c5cc(-c6cccc7ccccc67)ccc5-c5ccccc5)c5ccccc5c3-4)c3ccc4oc5ccccc5c4c3)cccc21. The quantitative estimate of drug-likeness (QED) is 0.152. The van der Waals surface area contributed by atoms with Crippen LogP contribution in [0.15, 0.2) is 229 Å². The van der Waals surface area contributed by atoms with Crippen molar-refractivity contribution < 1.29 is 4.42 Å². The van der Waals surface area contributed by atoms with Gasteiger partial charge in [-0.1, -0.05) is 196 Å². The first-order valence-corrected chi connectivity index (χ1v) is 24.2. The summed E-state index contributed by atoms with van der Waals surface area (Å²) in [7, 11) is 2.20. The van der Waals surface area contributed by atoms with E-state index in [1.165, 1.54) is 116 Å². The van der Waals surface area contributed by atoms with Gasteiger partial charge in [-0.2, -0.15) is 0 Å². The number of aryl methyl sites for hydroxylation is 1. The second kappa shape index (κ2) is 15.0. The van der Waals surface area contributed by atoms with Gasteiger partial charge in [-0.05, 0) is 136 Å². The molecule has 2 nitrogen and oxygen atoms in total. The van der Waals surface area contributed by atoms with E-state index in [0.717, 1.165) is 21.9 Å². The van der Waals surface area contributed by atoms with Gasteiger partial charge in [0, 0.05) is 51.0 Å². The molecule has 0 amide bonds. The van der Waals surface area contributed by atoms with E-state index in [1.807, 2.05) is 0 Å². The molecule has 0 saturated heterocycles. The van der Waals surface area contributed by atoms with E-state index >= 15 is 0 Å². The zero-order valence-electron chi connectivity index (χ0n) is 38.8. The molecule has 1 unspecified atom stereocenters. The smallest absolute Gasteiger partial charge is 0.135 e. The molecule has 0 spiro atoms. The average molecular weight is 882 g/mol. The lowest BCUT2D eigenvalue weighted by atomic mass is 9.77. The molecule has 326 valence electrons. The minimum atomic E-state index is -0.305. The monoisotopic (exact) mass is 881 g/mol. The molecule has 1 aliphatic rings. The summed E-state index contributed by atoms with van der Waals surface area (Å²) in [6, 6.07) is 83.5. The van der Waals surface area contributed by atoms with Crippen molar-refractivity contribution in [3.8, 4) is 44.5 Å². The fraction of sp³-hybridized carbons (Fsp3) is 0.0746. The summed E-state index contributed by atoms with van der Waals surface area (Å²) < 4.78 is 8.76. The van der Waals surface area contributed by atoms with Crippen LogP contribution < -0.4 is 0 Å². The van der Waals surface area contributed by atoms with Crippen molar-refractivity contribution >= 4 is 65.3 Å². The van der Waals surface area contributed by atoms with Crippen LogP contribution in [0.4, 0.5) is 0 Å². The molecule has 69 heavy (non-hydrogen) atoms. The van der Waals surface area contributed by atoms with Crippen LogP contribution in [-0.2, 0) is 12.5 Å². The highest BCUT2D eigenvalue weighted by Crippen LogP contribution is 2.55. The maximum Gasteiger partial charge on any atom is 0.135 e. The molecule has 2 heterocycles. The first-order chi connectivity index (χ1) is 33.9. The fourth-order valence-electron chi connectivity index (χ4n) is 12.2. The van der Waals surface area contributed by atoms with Crippen LogP contribution in [0.3, 0.4) is 0 Å². The third-order valence-corrected chi connectivity index (χ3v) is 15.5. The van der Waals surface area contributed by atoms with Crippen molar-refractivity contribution in [2.75, 3.05) is 0 Å². The Morgan fingerprint density at radius 1 is 0.391 bits per heavy atom.